The molecule has 0 aromatic heterocycles. The summed E-state index contributed by atoms with van der Waals surface area (Å²) in [5.41, 5.74) is 0. The van der Waals surface area contributed by atoms with Gasteiger partial charge >= 0.3 is 8.80 Å². The lowest BCUT2D eigenvalue weighted by atomic mass is 9.80. The molecule has 4 unspecified atom stereocenters. The van der Waals surface area contributed by atoms with Crippen molar-refractivity contribution in [2.45, 2.75) is 71.6 Å². The van der Waals surface area contributed by atoms with E-state index in [0.717, 1.165) is 12.0 Å². The Morgan fingerprint density at radius 1 is 0.952 bits per heavy atom. The number of epoxide rings is 1. The predicted molar refractivity (Wildman–Crippen MR) is 85.2 cm³/mol. The quantitative estimate of drug-likeness (QED) is 0.456. The van der Waals surface area contributed by atoms with Crippen molar-refractivity contribution >= 4 is 8.80 Å². The van der Waals surface area contributed by atoms with E-state index in [4.69, 9.17) is 18.0 Å². The highest BCUT2D eigenvalue weighted by Crippen LogP contribution is 2.45. The van der Waals surface area contributed by atoms with Crippen LogP contribution in [0.4, 0.5) is 0 Å². The Balaban J connectivity index is 2.00. The van der Waals surface area contributed by atoms with Gasteiger partial charge in [-0.1, -0.05) is 13.3 Å². The smallest absolute Gasteiger partial charge is 0.374 e. The number of hydrogen-bond acceptors (Lipinski definition) is 4. The molecule has 0 spiro atoms. The third-order valence-corrected chi connectivity index (χ3v) is 8.05. The molecular weight excluding hydrogens is 284 g/mol. The maximum Gasteiger partial charge on any atom is 0.501 e. The fourth-order valence-corrected chi connectivity index (χ4v) is 6.98. The Morgan fingerprint density at radius 3 is 2.05 bits per heavy atom. The minimum atomic E-state index is -2.51. The lowest BCUT2D eigenvalue weighted by Crippen LogP contribution is -2.48. The van der Waals surface area contributed by atoms with Crippen LogP contribution in [0.25, 0.3) is 0 Å². The van der Waals surface area contributed by atoms with Crippen molar-refractivity contribution in [2.24, 2.45) is 11.8 Å². The molecule has 1 saturated carbocycles. The lowest BCUT2D eigenvalue weighted by molar-refractivity contribution is 0.0622. The molecule has 4 nitrogen and oxygen atoms in total. The molecule has 1 aliphatic carbocycles. The summed E-state index contributed by atoms with van der Waals surface area (Å²) in [6.45, 7) is 10.4. The van der Waals surface area contributed by atoms with Gasteiger partial charge in [-0.2, -0.15) is 0 Å². The standard InChI is InChI=1S/C16H32O4Si/c1-5-13(14-9-10-15-16(11-14)20-15)12-21(17-6-2,18-7-3)19-8-4/h13-16H,5-12H2,1-4H3. The summed E-state index contributed by atoms with van der Waals surface area (Å²) >= 11 is 0. The lowest BCUT2D eigenvalue weighted by Gasteiger charge is -2.35. The van der Waals surface area contributed by atoms with E-state index in [1.165, 1.54) is 25.7 Å². The third kappa shape index (κ3) is 4.52. The van der Waals surface area contributed by atoms with Crippen LogP contribution in [0.15, 0.2) is 0 Å². The zero-order chi connectivity index (χ0) is 15.3. The fraction of sp³-hybridized carbons (Fsp3) is 1.00. The van der Waals surface area contributed by atoms with Gasteiger partial charge in [0.2, 0.25) is 0 Å². The van der Waals surface area contributed by atoms with Crippen LogP contribution in [0.3, 0.4) is 0 Å². The molecule has 2 fully saturated rings. The average Bonchev–Trinajstić information content (AvgIpc) is 3.24. The van der Waals surface area contributed by atoms with Gasteiger partial charge in [-0.25, -0.2) is 0 Å². The number of fused-ring (bicyclic) bond motifs is 1. The Morgan fingerprint density at radius 2 is 1.57 bits per heavy atom. The maximum atomic E-state index is 6.03. The highest BCUT2D eigenvalue weighted by atomic mass is 28.4. The summed E-state index contributed by atoms with van der Waals surface area (Å²) in [5, 5.41) is 0. The monoisotopic (exact) mass is 316 g/mol. The SMILES string of the molecule is CCO[Si](CC(CC)C1CCC2OC2C1)(OCC)OCC. The molecule has 2 rings (SSSR count). The van der Waals surface area contributed by atoms with Crippen molar-refractivity contribution in [1.29, 1.82) is 0 Å². The first kappa shape index (κ1) is 17.4. The van der Waals surface area contributed by atoms with Gasteiger partial charge in [0.1, 0.15) is 0 Å². The molecule has 1 saturated heterocycles. The maximum absolute atomic E-state index is 6.03. The zero-order valence-electron chi connectivity index (χ0n) is 14.1. The second-order valence-corrected chi connectivity index (χ2v) is 8.78. The minimum Gasteiger partial charge on any atom is -0.374 e. The summed E-state index contributed by atoms with van der Waals surface area (Å²) in [6.07, 6.45) is 6.03. The second kappa shape index (κ2) is 8.06. The highest BCUT2D eigenvalue weighted by molar-refractivity contribution is 6.60. The molecule has 2 aliphatic rings. The highest BCUT2D eigenvalue weighted by Gasteiger charge is 2.49. The van der Waals surface area contributed by atoms with Crippen molar-refractivity contribution in [2.75, 3.05) is 19.8 Å². The zero-order valence-corrected chi connectivity index (χ0v) is 15.1. The summed E-state index contributed by atoms with van der Waals surface area (Å²) in [4.78, 5) is 0. The van der Waals surface area contributed by atoms with E-state index in [-0.39, 0.29) is 0 Å². The van der Waals surface area contributed by atoms with Crippen LogP contribution in [-0.2, 0) is 18.0 Å². The van der Waals surface area contributed by atoms with Crippen LogP contribution in [0, 0.1) is 11.8 Å². The molecule has 5 heteroatoms. The summed E-state index contributed by atoms with van der Waals surface area (Å²) in [7, 11) is -2.51. The topological polar surface area (TPSA) is 40.2 Å². The van der Waals surface area contributed by atoms with Crippen LogP contribution in [0.2, 0.25) is 6.04 Å². The molecule has 0 aromatic carbocycles. The van der Waals surface area contributed by atoms with Crippen molar-refractivity contribution < 1.29 is 18.0 Å². The van der Waals surface area contributed by atoms with Gasteiger partial charge < -0.3 is 18.0 Å². The molecule has 0 aromatic rings. The normalized spacial score (nSPS) is 30.0. The Kier molecular flexibility index (Phi) is 6.68. The van der Waals surface area contributed by atoms with Crippen molar-refractivity contribution in [3.8, 4) is 0 Å². The van der Waals surface area contributed by atoms with E-state index >= 15 is 0 Å². The fourth-order valence-electron chi connectivity index (χ4n) is 3.79. The van der Waals surface area contributed by atoms with Gasteiger partial charge in [0, 0.05) is 25.9 Å². The van der Waals surface area contributed by atoms with E-state index in [2.05, 4.69) is 6.92 Å². The summed E-state index contributed by atoms with van der Waals surface area (Å²) < 4.78 is 23.8. The first-order valence-corrected chi connectivity index (χ1v) is 10.7. The molecular formula is C16H32O4Si. The molecule has 0 bridgehead atoms. The van der Waals surface area contributed by atoms with Crippen LogP contribution in [0.5, 0.6) is 0 Å². The van der Waals surface area contributed by atoms with E-state index in [0.29, 0.717) is 37.9 Å². The van der Waals surface area contributed by atoms with Crippen molar-refractivity contribution in [1.82, 2.24) is 0 Å². The number of hydrogen-bond donors (Lipinski definition) is 0. The van der Waals surface area contributed by atoms with E-state index < -0.39 is 8.80 Å². The largest absolute Gasteiger partial charge is 0.501 e. The van der Waals surface area contributed by atoms with E-state index in [1.807, 2.05) is 20.8 Å². The summed E-state index contributed by atoms with van der Waals surface area (Å²) in [5.74, 6) is 1.37. The first-order valence-electron chi connectivity index (χ1n) is 8.75. The van der Waals surface area contributed by atoms with Crippen molar-refractivity contribution in [3.05, 3.63) is 0 Å². The van der Waals surface area contributed by atoms with Crippen LogP contribution in [-0.4, -0.2) is 40.8 Å². The number of rotatable bonds is 10. The van der Waals surface area contributed by atoms with E-state index in [1.54, 1.807) is 0 Å². The van der Waals surface area contributed by atoms with E-state index in [9.17, 15) is 0 Å². The molecule has 0 amide bonds. The first-order chi connectivity index (χ1) is 10.2. The average molecular weight is 317 g/mol. The Hall–Kier alpha value is 0.0569. The Labute approximate surface area is 130 Å². The van der Waals surface area contributed by atoms with Gasteiger partial charge in [0.15, 0.2) is 0 Å². The molecule has 0 N–H and O–H groups in total. The Bertz CT molecular complexity index is 296. The van der Waals surface area contributed by atoms with Gasteiger partial charge in [0.25, 0.3) is 0 Å². The molecule has 1 aliphatic heterocycles. The van der Waals surface area contributed by atoms with Gasteiger partial charge in [0.05, 0.1) is 12.2 Å². The van der Waals surface area contributed by atoms with Crippen LogP contribution >= 0.6 is 0 Å². The molecule has 21 heavy (non-hydrogen) atoms. The second-order valence-electron chi connectivity index (χ2n) is 6.14. The van der Waals surface area contributed by atoms with Gasteiger partial charge in [-0.3, -0.25) is 0 Å². The predicted octanol–water partition coefficient (Wildman–Crippen LogP) is 3.63. The molecule has 4 atom stereocenters. The van der Waals surface area contributed by atoms with Crippen LogP contribution < -0.4 is 0 Å². The number of ether oxygens (including phenoxy) is 1. The third-order valence-electron chi connectivity index (χ3n) is 4.84. The minimum absolute atomic E-state index is 0.542. The molecule has 1 heterocycles. The molecule has 124 valence electrons. The van der Waals surface area contributed by atoms with Crippen molar-refractivity contribution in [3.63, 3.8) is 0 Å². The van der Waals surface area contributed by atoms with Crippen LogP contribution in [0.1, 0.15) is 53.4 Å². The van der Waals surface area contributed by atoms with Gasteiger partial charge in [-0.05, 0) is 51.9 Å². The summed E-state index contributed by atoms with van der Waals surface area (Å²) in [6, 6.07) is 0.959. The van der Waals surface area contributed by atoms with Gasteiger partial charge in [-0.15, -0.1) is 0 Å². The molecule has 0 radical (unpaired) electrons.